The Kier molecular flexibility index (Phi) is 6.67. The van der Waals surface area contributed by atoms with E-state index in [1.54, 1.807) is 7.05 Å². The number of benzene rings is 2. The molecule has 1 atom stereocenters. The minimum atomic E-state index is -4.72. The predicted molar refractivity (Wildman–Crippen MR) is 118 cm³/mol. The van der Waals surface area contributed by atoms with Gasteiger partial charge in [-0.15, -0.1) is 0 Å². The van der Waals surface area contributed by atoms with Gasteiger partial charge in [0.1, 0.15) is 12.4 Å². The van der Waals surface area contributed by atoms with Gasteiger partial charge in [-0.05, 0) is 55.8 Å². The molecule has 3 rings (SSSR count). The number of rotatable bonds is 6. The van der Waals surface area contributed by atoms with Crippen LogP contribution in [0.3, 0.4) is 0 Å². The van der Waals surface area contributed by atoms with Crippen LogP contribution < -0.4 is 10.5 Å². The van der Waals surface area contributed by atoms with Crippen LogP contribution in [0, 0.1) is 6.92 Å². The Hall–Kier alpha value is -3.89. The van der Waals surface area contributed by atoms with Crippen molar-refractivity contribution in [3.05, 3.63) is 69.3 Å². The molecule has 34 heavy (non-hydrogen) atoms. The smallest absolute Gasteiger partial charge is 0.416 e. The van der Waals surface area contributed by atoms with Crippen LogP contribution in [-0.4, -0.2) is 40.8 Å². The van der Waals surface area contributed by atoms with Crippen molar-refractivity contribution >= 4 is 28.5 Å². The maximum absolute atomic E-state index is 14.0. The van der Waals surface area contributed by atoms with Crippen molar-refractivity contribution in [2.75, 3.05) is 19.1 Å². The molecule has 0 saturated carbocycles. The molecule has 11 heteroatoms. The van der Waals surface area contributed by atoms with Gasteiger partial charge in [0.25, 0.3) is 5.56 Å². The molecule has 0 aliphatic carbocycles. The average molecular weight is 477 g/mol. The molecule has 1 N–H and O–H groups in total. The first-order valence-corrected chi connectivity index (χ1v) is 10.1. The molecule has 0 amide bonds. The number of nitrogens with zero attached hydrogens (tertiary/aromatic N) is 3. The minimum Gasteiger partial charge on any atom is -0.478 e. The molecule has 0 unspecified atom stereocenters. The van der Waals surface area contributed by atoms with Crippen LogP contribution in [0.15, 0.2) is 41.2 Å². The molecule has 0 aliphatic rings. The quantitative estimate of drug-likeness (QED) is 0.539. The summed E-state index contributed by atoms with van der Waals surface area (Å²) in [6, 6.07) is 6.80. The molecule has 0 fully saturated rings. The van der Waals surface area contributed by atoms with E-state index < -0.39 is 41.8 Å². The summed E-state index contributed by atoms with van der Waals surface area (Å²) < 4.78 is 47.6. The largest absolute Gasteiger partial charge is 0.478 e. The summed E-state index contributed by atoms with van der Waals surface area (Å²) in [4.78, 5) is 41.5. The molecule has 0 bridgehead atoms. The summed E-state index contributed by atoms with van der Waals surface area (Å²) in [7, 11) is 2.72. The molecule has 1 heterocycles. The fraction of sp³-hybridized carbons (Fsp3) is 0.304. The van der Waals surface area contributed by atoms with Gasteiger partial charge < -0.3 is 14.7 Å². The molecule has 8 nitrogen and oxygen atoms in total. The third-order valence-electron chi connectivity index (χ3n) is 5.69. The van der Waals surface area contributed by atoms with Crippen LogP contribution in [0.4, 0.5) is 18.9 Å². The zero-order chi connectivity index (χ0) is 25.4. The highest BCUT2D eigenvalue weighted by Crippen LogP contribution is 2.38. The van der Waals surface area contributed by atoms with Gasteiger partial charge in [-0.25, -0.2) is 9.78 Å². The van der Waals surface area contributed by atoms with Crippen LogP contribution in [-0.2, 0) is 22.3 Å². The number of aromatic carboxylic acids is 1. The van der Waals surface area contributed by atoms with Crippen molar-refractivity contribution in [2.45, 2.75) is 32.6 Å². The Bertz CT molecular complexity index is 1320. The van der Waals surface area contributed by atoms with E-state index in [1.165, 1.54) is 43.0 Å². The number of carbonyl (C=O) groups excluding carboxylic acids is 1. The third-order valence-corrected chi connectivity index (χ3v) is 5.69. The normalized spacial score (nSPS) is 12.4. The van der Waals surface area contributed by atoms with E-state index >= 15 is 0 Å². The second kappa shape index (κ2) is 9.16. The summed E-state index contributed by atoms with van der Waals surface area (Å²) in [5.74, 6) is -1.74. The molecule has 0 radical (unpaired) electrons. The highest BCUT2D eigenvalue weighted by Gasteiger charge is 2.36. The lowest BCUT2D eigenvalue weighted by Gasteiger charge is -2.30. The second-order valence-electron chi connectivity index (χ2n) is 7.72. The molecule has 3 aromatic rings. The van der Waals surface area contributed by atoms with E-state index in [4.69, 9.17) is 5.11 Å². The lowest BCUT2D eigenvalue weighted by atomic mass is 9.97. The number of ether oxygens (including phenoxy) is 1. The van der Waals surface area contributed by atoms with Gasteiger partial charge in [-0.2, -0.15) is 13.2 Å². The molecular formula is C23H22F3N3O5. The standard InChI is InChI=1S/C23H22F3N3O5/c1-12(28(3)15-7-5-14(6-8-15)22(32)33)16-9-17-19(10-18(16)23(24,25)26)27-13(2)29(21(17)31)11-20(30)34-4/h5-10,12H,11H2,1-4H3,(H,32,33)/t12-/m0/s1. The number of halogens is 3. The van der Waals surface area contributed by atoms with Crippen molar-refractivity contribution < 1.29 is 32.6 Å². The molecule has 180 valence electrons. The zero-order valence-electron chi connectivity index (χ0n) is 18.8. The van der Waals surface area contributed by atoms with Crippen molar-refractivity contribution in [1.82, 2.24) is 9.55 Å². The monoisotopic (exact) mass is 477 g/mol. The highest BCUT2D eigenvalue weighted by atomic mass is 19.4. The van der Waals surface area contributed by atoms with Crippen LogP contribution >= 0.6 is 0 Å². The number of esters is 1. The topological polar surface area (TPSA) is 102 Å². The van der Waals surface area contributed by atoms with E-state index in [0.717, 1.165) is 23.8 Å². The first-order chi connectivity index (χ1) is 15.8. The maximum Gasteiger partial charge on any atom is 0.416 e. The van der Waals surface area contributed by atoms with E-state index in [0.29, 0.717) is 5.69 Å². The van der Waals surface area contributed by atoms with Crippen LogP contribution in [0.1, 0.15) is 40.3 Å². The number of methoxy groups -OCH3 is 1. The average Bonchev–Trinajstić information content (AvgIpc) is 2.79. The Balaban J connectivity index is 2.18. The fourth-order valence-electron chi connectivity index (χ4n) is 3.64. The zero-order valence-corrected chi connectivity index (χ0v) is 18.8. The van der Waals surface area contributed by atoms with Crippen molar-refractivity contribution in [3.8, 4) is 0 Å². The van der Waals surface area contributed by atoms with Gasteiger partial charge >= 0.3 is 18.1 Å². The van der Waals surface area contributed by atoms with Gasteiger partial charge in [0, 0.05) is 12.7 Å². The van der Waals surface area contributed by atoms with E-state index in [2.05, 4.69) is 9.72 Å². The van der Waals surface area contributed by atoms with Crippen LogP contribution in [0.2, 0.25) is 0 Å². The number of anilines is 1. The number of alkyl halides is 3. The number of carboxylic acid groups (broad SMARTS) is 1. The summed E-state index contributed by atoms with van der Waals surface area (Å²) in [6.45, 7) is 2.53. The van der Waals surface area contributed by atoms with E-state index in [9.17, 15) is 27.6 Å². The van der Waals surface area contributed by atoms with Crippen LogP contribution in [0.25, 0.3) is 10.9 Å². The minimum absolute atomic E-state index is 0.0408. The number of fused-ring (bicyclic) bond motifs is 1. The molecule has 1 aromatic heterocycles. The number of aromatic nitrogens is 2. The Labute approximate surface area is 192 Å². The second-order valence-corrected chi connectivity index (χ2v) is 7.72. The van der Waals surface area contributed by atoms with Gasteiger partial charge in [-0.3, -0.25) is 14.2 Å². The SMILES string of the molecule is COC(=O)Cn1c(C)nc2cc(C(F)(F)F)c([C@H](C)N(C)c3ccc(C(=O)O)cc3)cc2c1=O. The lowest BCUT2D eigenvalue weighted by molar-refractivity contribution is -0.141. The van der Waals surface area contributed by atoms with Crippen molar-refractivity contribution in [1.29, 1.82) is 0 Å². The Morgan fingerprint density at radius 2 is 1.82 bits per heavy atom. The Morgan fingerprint density at radius 3 is 2.35 bits per heavy atom. The summed E-state index contributed by atoms with van der Waals surface area (Å²) in [5, 5.41) is 8.99. The van der Waals surface area contributed by atoms with Crippen molar-refractivity contribution in [3.63, 3.8) is 0 Å². The number of aryl methyl sites for hydroxylation is 1. The fourth-order valence-corrected chi connectivity index (χ4v) is 3.64. The maximum atomic E-state index is 14.0. The van der Waals surface area contributed by atoms with E-state index in [1.807, 2.05) is 0 Å². The first-order valence-electron chi connectivity index (χ1n) is 10.1. The number of hydrogen-bond donors (Lipinski definition) is 1. The highest BCUT2D eigenvalue weighted by molar-refractivity contribution is 5.88. The van der Waals surface area contributed by atoms with Gasteiger partial charge in [0.05, 0.1) is 35.2 Å². The predicted octanol–water partition coefficient (Wildman–Crippen LogP) is 3.79. The summed E-state index contributed by atoms with van der Waals surface area (Å²) in [6.07, 6.45) is -4.72. The number of carbonyl (C=O) groups is 2. The van der Waals surface area contributed by atoms with Gasteiger partial charge in [0.2, 0.25) is 0 Å². The lowest BCUT2D eigenvalue weighted by Crippen LogP contribution is -2.29. The molecule has 0 saturated heterocycles. The Morgan fingerprint density at radius 1 is 1.21 bits per heavy atom. The molecule has 0 spiro atoms. The van der Waals surface area contributed by atoms with E-state index in [-0.39, 0.29) is 27.9 Å². The van der Waals surface area contributed by atoms with Crippen LogP contribution in [0.5, 0.6) is 0 Å². The van der Waals surface area contributed by atoms with Gasteiger partial charge in [-0.1, -0.05) is 0 Å². The van der Waals surface area contributed by atoms with Gasteiger partial charge in [0.15, 0.2) is 0 Å². The molecular weight excluding hydrogens is 455 g/mol. The number of hydrogen-bond acceptors (Lipinski definition) is 6. The summed E-state index contributed by atoms with van der Waals surface area (Å²) >= 11 is 0. The molecule has 2 aromatic carbocycles. The third kappa shape index (κ3) is 4.73. The summed E-state index contributed by atoms with van der Waals surface area (Å²) in [5.41, 5.74) is -1.39. The molecule has 0 aliphatic heterocycles. The number of carboxylic acids is 1. The first kappa shape index (κ1) is 24.7. The van der Waals surface area contributed by atoms with Crippen molar-refractivity contribution in [2.24, 2.45) is 0 Å².